The summed E-state index contributed by atoms with van der Waals surface area (Å²) in [4.78, 5) is 16.6. The van der Waals surface area contributed by atoms with Gasteiger partial charge in [0.15, 0.2) is 0 Å². The van der Waals surface area contributed by atoms with Gasteiger partial charge >= 0.3 is 0 Å². The van der Waals surface area contributed by atoms with Crippen LogP contribution in [0.25, 0.3) is 11.4 Å². The number of primary sulfonamides is 1. The van der Waals surface area contributed by atoms with Crippen LogP contribution in [0.2, 0.25) is 0 Å². The summed E-state index contributed by atoms with van der Waals surface area (Å²) in [6.07, 6.45) is 0.511. The van der Waals surface area contributed by atoms with Crippen LogP contribution in [0.1, 0.15) is 36.4 Å². The minimum absolute atomic E-state index is 0.0283. The second-order valence-corrected chi connectivity index (χ2v) is 8.34. The van der Waals surface area contributed by atoms with E-state index in [0.29, 0.717) is 18.1 Å². The van der Waals surface area contributed by atoms with Gasteiger partial charge in [-0.05, 0) is 31.5 Å². The van der Waals surface area contributed by atoms with Crippen LogP contribution in [0, 0.1) is 6.92 Å². The molecule has 0 bridgehead atoms. The molecule has 8 nitrogen and oxygen atoms in total. The van der Waals surface area contributed by atoms with E-state index >= 15 is 0 Å². The van der Waals surface area contributed by atoms with Crippen molar-refractivity contribution >= 4 is 15.9 Å². The maximum atomic E-state index is 12.2. The van der Waals surface area contributed by atoms with E-state index in [-0.39, 0.29) is 23.3 Å². The molecule has 0 saturated carbocycles. The molecule has 0 aliphatic heterocycles. The normalized spacial score (nSPS) is 12.5. The summed E-state index contributed by atoms with van der Waals surface area (Å²) in [7, 11) is -3.74. The van der Waals surface area contributed by atoms with Crippen LogP contribution in [0.3, 0.4) is 0 Å². The van der Waals surface area contributed by atoms with Crippen LogP contribution in [0.5, 0.6) is 0 Å². The summed E-state index contributed by atoms with van der Waals surface area (Å²) in [6, 6.07) is 13.6. The Morgan fingerprint density at radius 1 is 1.14 bits per heavy atom. The molecule has 3 N–H and O–H groups in total. The monoisotopic (exact) mass is 414 g/mol. The number of sulfonamides is 1. The highest BCUT2D eigenvalue weighted by Crippen LogP contribution is 2.18. The molecular weight excluding hydrogens is 392 g/mol. The average molecular weight is 414 g/mol. The van der Waals surface area contributed by atoms with Crippen molar-refractivity contribution in [1.82, 2.24) is 15.5 Å². The van der Waals surface area contributed by atoms with E-state index in [2.05, 4.69) is 15.5 Å². The lowest BCUT2D eigenvalue weighted by Gasteiger charge is -2.14. The lowest BCUT2D eigenvalue weighted by Crippen LogP contribution is -2.26. The van der Waals surface area contributed by atoms with Gasteiger partial charge in [0.05, 0.1) is 10.9 Å². The molecule has 29 heavy (non-hydrogen) atoms. The number of hydrogen-bond acceptors (Lipinski definition) is 6. The van der Waals surface area contributed by atoms with Crippen LogP contribution in [-0.4, -0.2) is 24.5 Å². The third-order valence-corrected chi connectivity index (χ3v) is 5.36. The minimum atomic E-state index is -3.74. The largest absolute Gasteiger partial charge is 0.350 e. The van der Waals surface area contributed by atoms with Crippen LogP contribution < -0.4 is 10.5 Å². The van der Waals surface area contributed by atoms with Crippen molar-refractivity contribution in [3.63, 3.8) is 0 Å². The number of nitrogens with zero attached hydrogens (tertiary/aromatic N) is 2. The average Bonchev–Trinajstić information content (AvgIpc) is 3.15. The van der Waals surface area contributed by atoms with Gasteiger partial charge in [-0.2, -0.15) is 4.98 Å². The summed E-state index contributed by atoms with van der Waals surface area (Å²) in [5.74, 6) is 0.702. The van der Waals surface area contributed by atoms with Gasteiger partial charge in [0.2, 0.25) is 27.6 Å². The number of nitrogens with one attached hydrogen (secondary N) is 1. The quantitative estimate of drug-likeness (QED) is 0.611. The van der Waals surface area contributed by atoms with E-state index in [9.17, 15) is 13.2 Å². The van der Waals surface area contributed by atoms with E-state index in [1.54, 1.807) is 12.1 Å². The van der Waals surface area contributed by atoms with E-state index in [4.69, 9.17) is 9.66 Å². The molecule has 0 aliphatic rings. The van der Waals surface area contributed by atoms with E-state index in [1.807, 2.05) is 38.1 Å². The Balaban J connectivity index is 1.54. The number of aryl methyl sites for hydroxylation is 2. The molecule has 0 spiro atoms. The summed E-state index contributed by atoms with van der Waals surface area (Å²) in [5.41, 5.74) is 2.76. The molecule has 1 heterocycles. The number of carbonyl (C=O) groups is 1. The summed E-state index contributed by atoms with van der Waals surface area (Å²) < 4.78 is 27.8. The molecule has 2 aromatic carbocycles. The van der Waals surface area contributed by atoms with Crippen LogP contribution in [-0.2, 0) is 21.2 Å². The smallest absolute Gasteiger partial charge is 0.238 e. The molecule has 0 fully saturated rings. The SMILES string of the molecule is Cc1ccc(-c2noc(CCC(=O)NC(C)c3ccc(S(N)(=O)=O)cc3)n2)cc1. The fourth-order valence-electron chi connectivity index (χ4n) is 2.74. The summed E-state index contributed by atoms with van der Waals surface area (Å²) in [6.45, 7) is 3.81. The molecule has 1 aromatic heterocycles. The predicted octanol–water partition coefficient (Wildman–Crippen LogP) is 2.50. The molecule has 9 heteroatoms. The molecule has 0 radical (unpaired) electrons. The molecule has 0 saturated heterocycles. The van der Waals surface area contributed by atoms with Crippen LogP contribution >= 0.6 is 0 Å². The Bertz CT molecular complexity index is 1090. The van der Waals surface area contributed by atoms with Crippen molar-refractivity contribution in [3.05, 3.63) is 65.5 Å². The number of amides is 1. The predicted molar refractivity (Wildman–Crippen MR) is 107 cm³/mol. The fraction of sp³-hybridized carbons (Fsp3) is 0.250. The second-order valence-electron chi connectivity index (χ2n) is 6.78. The van der Waals surface area contributed by atoms with Crippen LogP contribution in [0.4, 0.5) is 0 Å². The lowest BCUT2D eigenvalue weighted by molar-refractivity contribution is -0.121. The Kier molecular flexibility index (Phi) is 6.09. The summed E-state index contributed by atoms with van der Waals surface area (Å²) in [5, 5.41) is 11.9. The molecule has 1 amide bonds. The zero-order valence-corrected chi connectivity index (χ0v) is 16.9. The highest BCUT2D eigenvalue weighted by molar-refractivity contribution is 7.89. The zero-order chi connectivity index (χ0) is 21.0. The molecule has 1 unspecified atom stereocenters. The fourth-order valence-corrected chi connectivity index (χ4v) is 3.26. The van der Waals surface area contributed by atoms with Crippen LogP contribution in [0.15, 0.2) is 57.9 Å². The van der Waals surface area contributed by atoms with Crippen molar-refractivity contribution in [2.24, 2.45) is 5.14 Å². The first-order valence-electron chi connectivity index (χ1n) is 9.04. The van der Waals surface area contributed by atoms with Gasteiger partial charge in [-0.25, -0.2) is 13.6 Å². The Morgan fingerprint density at radius 2 is 1.79 bits per heavy atom. The standard InChI is InChI=1S/C20H22N4O4S/c1-13-3-5-16(6-4-13)20-23-19(28-24-20)12-11-18(25)22-14(2)15-7-9-17(10-8-15)29(21,26)27/h3-10,14H,11-12H2,1-2H3,(H,22,25)(H2,21,26,27). The number of carbonyl (C=O) groups excluding carboxylic acids is 1. The van der Waals surface area contributed by atoms with Gasteiger partial charge in [-0.3, -0.25) is 4.79 Å². The third-order valence-electron chi connectivity index (χ3n) is 4.43. The van der Waals surface area contributed by atoms with Gasteiger partial charge in [-0.1, -0.05) is 47.1 Å². The first-order valence-corrected chi connectivity index (χ1v) is 10.6. The van der Waals surface area contributed by atoms with Gasteiger partial charge < -0.3 is 9.84 Å². The zero-order valence-electron chi connectivity index (χ0n) is 16.1. The molecular formula is C20H22N4O4S. The lowest BCUT2D eigenvalue weighted by atomic mass is 10.1. The number of nitrogens with two attached hydrogens (primary N) is 1. The first-order chi connectivity index (χ1) is 13.7. The Labute approximate surface area is 169 Å². The van der Waals surface area contributed by atoms with Crippen molar-refractivity contribution in [1.29, 1.82) is 0 Å². The molecule has 152 valence electrons. The topological polar surface area (TPSA) is 128 Å². The Hall–Kier alpha value is -3.04. The number of aromatic nitrogens is 2. The van der Waals surface area contributed by atoms with Gasteiger partial charge in [0.25, 0.3) is 0 Å². The van der Waals surface area contributed by atoms with Crippen molar-refractivity contribution in [3.8, 4) is 11.4 Å². The molecule has 1 atom stereocenters. The Morgan fingerprint density at radius 3 is 2.41 bits per heavy atom. The first kappa shape index (κ1) is 20.7. The second kappa shape index (κ2) is 8.54. The van der Waals surface area contributed by atoms with Crippen molar-refractivity contribution in [2.75, 3.05) is 0 Å². The highest BCUT2D eigenvalue weighted by atomic mass is 32.2. The van der Waals surface area contributed by atoms with Crippen molar-refractivity contribution in [2.45, 2.75) is 37.6 Å². The third kappa shape index (κ3) is 5.49. The maximum Gasteiger partial charge on any atom is 0.238 e. The van der Waals surface area contributed by atoms with Crippen molar-refractivity contribution < 1.29 is 17.7 Å². The van der Waals surface area contributed by atoms with E-state index in [1.165, 1.54) is 12.1 Å². The number of benzene rings is 2. The van der Waals surface area contributed by atoms with Gasteiger partial charge in [-0.15, -0.1) is 0 Å². The minimum Gasteiger partial charge on any atom is -0.350 e. The van der Waals surface area contributed by atoms with Gasteiger partial charge in [0.1, 0.15) is 0 Å². The maximum absolute atomic E-state index is 12.2. The molecule has 3 rings (SSSR count). The summed E-state index contributed by atoms with van der Waals surface area (Å²) >= 11 is 0. The highest BCUT2D eigenvalue weighted by Gasteiger charge is 2.14. The number of rotatable bonds is 7. The van der Waals surface area contributed by atoms with E-state index < -0.39 is 10.0 Å². The molecule has 3 aromatic rings. The number of hydrogen-bond donors (Lipinski definition) is 2. The van der Waals surface area contributed by atoms with Gasteiger partial charge in [0, 0.05) is 18.4 Å². The molecule has 0 aliphatic carbocycles. The van der Waals surface area contributed by atoms with E-state index in [0.717, 1.165) is 16.7 Å².